The van der Waals surface area contributed by atoms with Crippen LogP contribution < -0.4 is 0 Å². The van der Waals surface area contributed by atoms with Gasteiger partial charge in [-0.2, -0.15) is 0 Å². The topological polar surface area (TPSA) is 3.24 Å². The molecule has 0 aromatic rings. The highest BCUT2D eigenvalue weighted by atomic mass is 35.5. The molecule has 0 aromatic carbocycles. The molecule has 0 aliphatic heterocycles. The van der Waals surface area contributed by atoms with Crippen molar-refractivity contribution in [1.29, 1.82) is 0 Å². The van der Waals surface area contributed by atoms with Gasteiger partial charge in [-0.3, -0.25) is 0 Å². The third-order valence-electron chi connectivity index (χ3n) is 0.931. The van der Waals surface area contributed by atoms with Crippen molar-refractivity contribution >= 4 is 23.6 Å². The van der Waals surface area contributed by atoms with Crippen molar-refractivity contribution in [3.63, 3.8) is 0 Å². The first-order valence-electron chi connectivity index (χ1n) is 2.86. The van der Waals surface area contributed by atoms with E-state index < -0.39 is 0 Å². The van der Waals surface area contributed by atoms with E-state index in [1.807, 2.05) is 0 Å². The Labute approximate surface area is 60.8 Å². The smallest absolute Gasteiger partial charge is 0.0304 e. The average molecular weight is 156 g/mol. The maximum Gasteiger partial charge on any atom is 0.0304 e. The highest BCUT2D eigenvalue weighted by Crippen LogP contribution is 2.02. The molecule has 0 heterocycles. The minimum absolute atomic E-state index is 0.775. The van der Waals surface area contributed by atoms with E-state index in [0.29, 0.717) is 0 Å². The predicted octanol–water partition coefficient (Wildman–Crippen LogP) is 2.79. The summed E-state index contributed by atoms with van der Waals surface area (Å²) < 4.78 is 1.18. The lowest BCUT2D eigenvalue weighted by molar-refractivity contribution is 0.609. The average Bonchev–Trinajstić information content (AvgIpc) is 1.66. The van der Waals surface area contributed by atoms with E-state index in [9.17, 15) is 0 Å². The third-order valence-corrected chi connectivity index (χ3v) is 1.27. The van der Waals surface area contributed by atoms with Crippen LogP contribution in [0, 0.1) is 0 Å². The lowest BCUT2D eigenvalue weighted by atomic mass is 10.3. The Morgan fingerprint density at radius 1 is 1.25 bits per heavy atom. The first-order chi connectivity index (χ1) is 3.77. The van der Waals surface area contributed by atoms with Crippen molar-refractivity contribution in [2.75, 3.05) is 6.54 Å². The highest BCUT2D eigenvalue weighted by Gasteiger charge is 1.91. The summed E-state index contributed by atoms with van der Waals surface area (Å²) >= 11 is 10.6. The Balaban J connectivity index is 2.72. The fourth-order valence-electron chi connectivity index (χ4n) is 0.481. The largest absolute Gasteiger partial charge is 0.132 e. The Kier molecular flexibility index (Phi) is 6.06. The van der Waals surface area contributed by atoms with Crippen LogP contribution in [-0.4, -0.2) is 10.5 Å². The van der Waals surface area contributed by atoms with E-state index in [-0.39, 0.29) is 0 Å². The Hall–Kier alpha value is 0.540. The molecule has 0 N–H and O–H groups in total. The first kappa shape index (κ1) is 8.54. The van der Waals surface area contributed by atoms with Crippen LogP contribution in [0.25, 0.3) is 0 Å². The molecule has 0 rings (SSSR count). The standard InChI is InChI=1S/C5H11Cl2N/c1-2-3-4-5-8(6)7/h2-5H2,1H3. The van der Waals surface area contributed by atoms with Crippen molar-refractivity contribution in [3.8, 4) is 0 Å². The van der Waals surface area contributed by atoms with Crippen molar-refractivity contribution in [2.45, 2.75) is 26.2 Å². The number of hydrogen-bond donors (Lipinski definition) is 0. The van der Waals surface area contributed by atoms with Gasteiger partial charge in [-0.25, -0.2) is 0 Å². The van der Waals surface area contributed by atoms with Gasteiger partial charge in [-0.05, 0) is 30.0 Å². The molecule has 0 atom stereocenters. The minimum Gasteiger partial charge on any atom is -0.132 e. The van der Waals surface area contributed by atoms with E-state index in [1.165, 1.54) is 16.8 Å². The van der Waals surface area contributed by atoms with Crippen LogP contribution in [0.2, 0.25) is 0 Å². The van der Waals surface area contributed by atoms with E-state index in [1.54, 1.807) is 0 Å². The van der Waals surface area contributed by atoms with E-state index >= 15 is 0 Å². The van der Waals surface area contributed by atoms with Crippen LogP contribution in [0.1, 0.15) is 26.2 Å². The van der Waals surface area contributed by atoms with Gasteiger partial charge < -0.3 is 0 Å². The molecule has 0 spiro atoms. The zero-order valence-corrected chi connectivity index (χ0v) is 6.54. The summed E-state index contributed by atoms with van der Waals surface area (Å²) in [7, 11) is 0. The number of hydrogen-bond acceptors (Lipinski definition) is 1. The van der Waals surface area contributed by atoms with Gasteiger partial charge in [0.15, 0.2) is 0 Å². The summed E-state index contributed by atoms with van der Waals surface area (Å²) in [6.45, 7) is 2.92. The van der Waals surface area contributed by atoms with Crippen molar-refractivity contribution in [3.05, 3.63) is 0 Å². The van der Waals surface area contributed by atoms with Gasteiger partial charge in [0.1, 0.15) is 0 Å². The molecule has 0 aliphatic carbocycles. The SMILES string of the molecule is CCCCCN(Cl)Cl. The summed E-state index contributed by atoms with van der Waals surface area (Å²) in [6, 6.07) is 0. The molecule has 0 aromatic heterocycles. The lowest BCUT2D eigenvalue weighted by Crippen LogP contribution is -1.98. The molecule has 0 fully saturated rings. The highest BCUT2D eigenvalue weighted by molar-refractivity contribution is 6.33. The van der Waals surface area contributed by atoms with Crippen LogP contribution in [-0.2, 0) is 0 Å². The summed E-state index contributed by atoms with van der Waals surface area (Å²) in [4.78, 5) is 0. The zero-order chi connectivity index (χ0) is 6.41. The van der Waals surface area contributed by atoms with Crippen LogP contribution in [0.3, 0.4) is 0 Å². The summed E-state index contributed by atoms with van der Waals surface area (Å²) in [6.07, 6.45) is 3.50. The quantitative estimate of drug-likeness (QED) is 0.446. The van der Waals surface area contributed by atoms with Gasteiger partial charge in [0.2, 0.25) is 0 Å². The molecule has 0 radical (unpaired) electrons. The van der Waals surface area contributed by atoms with Gasteiger partial charge in [0.05, 0.1) is 0 Å². The Bertz CT molecular complexity index is 47.7. The van der Waals surface area contributed by atoms with E-state index in [4.69, 9.17) is 23.6 Å². The van der Waals surface area contributed by atoms with Crippen molar-refractivity contribution < 1.29 is 0 Å². The second kappa shape index (κ2) is 5.67. The maximum atomic E-state index is 5.31. The van der Waals surface area contributed by atoms with Crippen LogP contribution in [0.5, 0.6) is 0 Å². The molecule has 0 bridgehead atoms. The molecule has 0 aliphatic rings. The monoisotopic (exact) mass is 155 g/mol. The predicted molar refractivity (Wildman–Crippen MR) is 37.9 cm³/mol. The number of halogens is 2. The van der Waals surface area contributed by atoms with E-state index in [2.05, 4.69) is 6.92 Å². The summed E-state index contributed by atoms with van der Waals surface area (Å²) in [5.41, 5.74) is 0. The van der Waals surface area contributed by atoms with Gasteiger partial charge in [0.25, 0.3) is 0 Å². The molecule has 0 amide bonds. The zero-order valence-electron chi connectivity index (χ0n) is 5.03. The normalized spacial score (nSPS) is 10.5. The minimum atomic E-state index is 0.775. The summed E-state index contributed by atoms with van der Waals surface area (Å²) in [5, 5.41) is 0. The molecule has 0 unspecified atom stereocenters. The van der Waals surface area contributed by atoms with Gasteiger partial charge >= 0.3 is 0 Å². The van der Waals surface area contributed by atoms with Gasteiger partial charge in [-0.1, -0.05) is 19.8 Å². The second-order valence-corrected chi connectivity index (χ2v) is 2.72. The van der Waals surface area contributed by atoms with Crippen LogP contribution in [0.4, 0.5) is 0 Å². The van der Waals surface area contributed by atoms with Gasteiger partial charge in [0, 0.05) is 6.54 Å². The molecule has 50 valence electrons. The second-order valence-electron chi connectivity index (χ2n) is 1.73. The molecular weight excluding hydrogens is 145 g/mol. The van der Waals surface area contributed by atoms with Crippen LogP contribution in [0.15, 0.2) is 0 Å². The van der Waals surface area contributed by atoms with Crippen LogP contribution >= 0.6 is 23.6 Å². The Morgan fingerprint density at radius 3 is 2.25 bits per heavy atom. The molecule has 1 nitrogen and oxygen atoms in total. The molecular formula is C5H11Cl2N. The Morgan fingerprint density at radius 2 is 1.88 bits per heavy atom. The lowest BCUT2D eigenvalue weighted by Gasteiger charge is -2.00. The fourth-order valence-corrected chi connectivity index (χ4v) is 0.720. The fraction of sp³-hybridized carbons (Fsp3) is 1.00. The molecule has 3 heteroatoms. The molecule has 8 heavy (non-hydrogen) atoms. The van der Waals surface area contributed by atoms with Crippen molar-refractivity contribution in [1.82, 2.24) is 3.94 Å². The van der Waals surface area contributed by atoms with Crippen molar-refractivity contribution in [2.24, 2.45) is 0 Å². The number of rotatable bonds is 4. The first-order valence-corrected chi connectivity index (χ1v) is 3.54. The molecule has 0 saturated heterocycles. The third kappa shape index (κ3) is 6.54. The maximum absolute atomic E-state index is 5.31. The number of nitrogens with zero attached hydrogens (tertiary/aromatic N) is 1. The summed E-state index contributed by atoms with van der Waals surface area (Å²) in [5.74, 6) is 0. The van der Waals surface area contributed by atoms with Gasteiger partial charge in [-0.15, -0.1) is 3.94 Å². The molecule has 0 saturated carbocycles. The van der Waals surface area contributed by atoms with E-state index in [0.717, 1.165) is 13.0 Å². The number of unbranched alkanes of at least 4 members (excludes halogenated alkanes) is 2.